The highest BCUT2D eigenvalue weighted by molar-refractivity contribution is 5.85. The summed E-state index contributed by atoms with van der Waals surface area (Å²) in [6.45, 7) is 4.15. The van der Waals surface area contributed by atoms with E-state index < -0.39 is 0 Å². The molecule has 0 amide bonds. The van der Waals surface area contributed by atoms with Crippen molar-refractivity contribution in [2.75, 3.05) is 20.6 Å². The van der Waals surface area contributed by atoms with Crippen molar-refractivity contribution in [2.24, 2.45) is 7.05 Å². The van der Waals surface area contributed by atoms with Gasteiger partial charge >= 0.3 is 0 Å². The molecule has 0 aliphatic carbocycles. The van der Waals surface area contributed by atoms with Gasteiger partial charge in [-0.3, -0.25) is 4.68 Å². The molecule has 0 fully saturated rings. The molecule has 0 aromatic carbocycles. The van der Waals surface area contributed by atoms with Crippen LogP contribution in [0.4, 0.5) is 0 Å². The van der Waals surface area contributed by atoms with Crippen LogP contribution in [0.25, 0.3) is 0 Å². The summed E-state index contributed by atoms with van der Waals surface area (Å²) in [4.78, 5) is 2.26. The van der Waals surface area contributed by atoms with E-state index in [2.05, 4.69) is 36.3 Å². The normalized spacial score (nSPS) is 12.6. The fourth-order valence-electron chi connectivity index (χ4n) is 1.64. The summed E-state index contributed by atoms with van der Waals surface area (Å²) in [6, 6.07) is 0.613. The molecule has 1 rings (SSSR count). The quantitative estimate of drug-likeness (QED) is 0.821. The first-order valence-electron chi connectivity index (χ1n) is 5.48. The van der Waals surface area contributed by atoms with Crippen LogP contribution in [0, 0.1) is 0 Å². The van der Waals surface area contributed by atoms with Crippen molar-refractivity contribution < 1.29 is 0 Å². The van der Waals surface area contributed by atoms with Crippen molar-refractivity contribution in [1.82, 2.24) is 20.0 Å². The van der Waals surface area contributed by atoms with Crippen LogP contribution in [-0.2, 0) is 13.6 Å². The minimum Gasteiger partial charge on any atom is -0.311 e. The van der Waals surface area contributed by atoms with E-state index >= 15 is 0 Å². The lowest BCUT2D eigenvalue weighted by molar-refractivity contribution is 0.276. The van der Waals surface area contributed by atoms with Gasteiger partial charge in [0.05, 0.1) is 6.20 Å². The van der Waals surface area contributed by atoms with Gasteiger partial charge < -0.3 is 10.2 Å². The Morgan fingerprint density at radius 3 is 2.62 bits per heavy atom. The topological polar surface area (TPSA) is 33.1 Å². The van der Waals surface area contributed by atoms with Crippen LogP contribution < -0.4 is 5.32 Å². The lowest BCUT2D eigenvalue weighted by Gasteiger charge is -2.22. The van der Waals surface area contributed by atoms with Crippen LogP contribution in [0.2, 0.25) is 0 Å². The molecule has 0 bridgehead atoms. The maximum absolute atomic E-state index is 4.14. The monoisotopic (exact) mass is 246 g/mol. The molecular formula is C11H23ClN4. The van der Waals surface area contributed by atoms with Crippen molar-refractivity contribution in [3.8, 4) is 0 Å². The van der Waals surface area contributed by atoms with E-state index in [1.807, 2.05) is 24.1 Å². The summed E-state index contributed by atoms with van der Waals surface area (Å²) >= 11 is 0. The average molecular weight is 247 g/mol. The van der Waals surface area contributed by atoms with Gasteiger partial charge in [0.1, 0.15) is 0 Å². The standard InChI is InChI=1S/C11H22N4.ClH/c1-5-11(14(2)3)8-12-6-10-7-13-15(4)9-10;/h7,9,11-12H,5-6,8H2,1-4H3;1H. The van der Waals surface area contributed by atoms with Crippen molar-refractivity contribution in [3.63, 3.8) is 0 Å². The summed E-state index contributed by atoms with van der Waals surface area (Å²) in [7, 11) is 6.19. The van der Waals surface area contributed by atoms with E-state index in [0.29, 0.717) is 6.04 Å². The SMILES string of the molecule is CCC(CNCc1cnn(C)c1)N(C)C.Cl. The van der Waals surface area contributed by atoms with E-state index in [4.69, 9.17) is 0 Å². The van der Waals surface area contributed by atoms with E-state index in [1.165, 1.54) is 12.0 Å². The summed E-state index contributed by atoms with van der Waals surface area (Å²) in [6.07, 6.45) is 5.13. The maximum atomic E-state index is 4.14. The first kappa shape index (κ1) is 15.4. The second-order valence-electron chi connectivity index (χ2n) is 4.18. The highest BCUT2D eigenvalue weighted by Crippen LogP contribution is 1.99. The van der Waals surface area contributed by atoms with Crippen LogP contribution in [0.1, 0.15) is 18.9 Å². The number of aryl methyl sites for hydroxylation is 1. The second kappa shape index (κ2) is 7.65. The summed E-state index contributed by atoms with van der Waals surface area (Å²) < 4.78 is 1.83. The van der Waals surface area contributed by atoms with Crippen LogP contribution in [0.3, 0.4) is 0 Å². The lowest BCUT2D eigenvalue weighted by Crippen LogP contribution is -2.37. The fourth-order valence-corrected chi connectivity index (χ4v) is 1.64. The summed E-state index contributed by atoms with van der Waals surface area (Å²) in [5, 5.41) is 7.59. The Labute approximate surface area is 104 Å². The Morgan fingerprint density at radius 2 is 2.19 bits per heavy atom. The van der Waals surface area contributed by atoms with Gasteiger partial charge in [-0.2, -0.15) is 5.10 Å². The number of likely N-dealkylation sites (N-methyl/N-ethyl adjacent to an activating group) is 1. The smallest absolute Gasteiger partial charge is 0.0534 e. The molecule has 0 saturated carbocycles. The predicted octanol–water partition coefficient (Wildman–Crippen LogP) is 1.27. The molecule has 0 radical (unpaired) electrons. The molecule has 1 aromatic heterocycles. The largest absolute Gasteiger partial charge is 0.311 e. The summed E-state index contributed by atoms with van der Waals surface area (Å²) in [5.41, 5.74) is 1.24. The zero-order valence-corrected chi connectivity index (χ0v) is 11.4. The molecular weight excluding hydrogens is 224 g/mol. The molecule has 0 aliphatic rings. The molecule has 1 unspecified atom stereocenters. The molecule has 0 saturated heterocycles. The van der Waals surface area contributed by atoms with Crippen molar-refractivity contribution >= 4 is 12.4 Å². The first-order valence-corrected chi connectivity index (χ1v) is 5.48. The third kappa shape index (κ3) is 4.96. The molecule has 4 nitrogen and oxygen atoms in total. The van der Waals surface area contributed by atoms with E-state index in [9.17, 15) is 0 Å². The van der Waals surface area contributed by atoms with Gasteiger partial charge in [-0.25, -0.2) is 0 Å². The Hall–Kier alpha value is -0.580. The third-order valence-electron chi connectivity index (χ3n) is 2.67. The number of nitrogens with one attached hydrogen (secondary N) is 1. The van der Waals surface area contributed by atoms with Crippen molar-refractivity contribution in [3.05, 3.63) is 18.0 Å². The van der Waals surface area contributed by atoms with Gasteiger partial charge in [0.15, 0.2) is 0 Å². The van der Waals surface area contributed by atoms with E-state index in [-0.39, 0.29) is 12.4 Å². The van der Waals surface area contributed by atoms with Gasteiger partial charge in [-0.15, -0.1) is 12.4 Å². The highest BCUT2D eigenvalue weighted by atomic mass is 35.5. The molecule has 5 heteroatoms. The Kier molecular flexibility index (Phi) is 7.38. The van der Waals surface area contributed by atoms with E-state index in [0.717, 1.165) is 13.1 Å². The van der Waals surface area contributed by atoms with Crippen LogP contribution in [0.5, 0.6) is 0 Å². The highest BCUT2D eigenvalue weighted by Gasteiger charge is 2.07. The molecule has 0 spiro atoms. The Bertz CT molecular complexity index is 285. The van der Waals surface area contributed by atoms with Crippen LogP contribution in [-0.4, -0.2) is 41.4 Å². The van der Waals surface area contributed by atoms with Gasteiger partial charge in [0.2, 0.25) is 0 Å². The van der Waals surface area contributed by atoms with Crippen molar-refractivity contribution in [1.29, 1.82) is 0 Å². The minimum absolute atomic E-state index is 0. The molecule has 1 aromatic rings. The molecule has 0 aliphatic heterocycles. The third-order valence-corrected chi connectivity index (χ3v) is 2.67. The lowest BCUT2D eigenvalue weighted by atomic mass is 10.2. The van der Waals surface area contributed by atoms with Gasteiger partial charge in [0.25, 0.3) is 0 Å². The first-order chi connectivity index (χ1) is 7.13. The van der Waals surface area contributed by atoms with Gasteiger partial charge in [-0.05, 0) is 20.5 Å². The predicted molar refractivity (Wildman–Crippen MR) is 69.9 cm³/mol. The zero-order valence-electron chi connectivity index (χ0n) is 10.6. The molecule has 1 N–H and O–H groups in total. The summed E-state index contributed by atoms with van der Waals surface area (Å²) in [5.74, 6) is 0. The number of hydrogen-bond donors (Lipinski definition) is 1. The van der Waals surface area contributed by atoms with Gasteiger partial charge in [0, 0.05) is 37.9 Å². The molecule has 1 atom stereocenters. The second-order valence-corrected chi connectivity index (χ2v) is 4.18. The fraction of sp³-hybridized carbons (Fsp3) is 0.727. The zero-order chi connectivity index (χ0) is 11.3. The number of halogens is 1. The molecule has 94 valence electrons. The number of aromatic nitrogens is 2. The molecule has 16 heavy (non-hydrogen) atoms. The molecule has 1 heterocycles. The minimum atomic E-state index is 0. The maximum Gasteiger partial charge on any atom is 0.0534 e. The Morgan fingerprint density at radius 1 is 1.50 bits per heavy atom. The Balaban J connectivity index is 0.00000225. The number of hydrogen-bond acceptors (Lipinski definition) is 3. The van der Waals surface area contributed by atoms with Crippen molar-refractivity contribution in [2.45, 2.75) is 25.9 Å². The van der Waals surface area contributed by atoms with Gasteiger partial charge in [-0.1, -0.05) is 6.92 Å². The number of rotatable bonds is 6. The number of nitrogens with zero attached hydrogens (tertiary/aromatic N) is 3. The van der Waals surface area contributed by atoms with Crippen LogP contribution in [0.15, 0.2) is 12.4 Å². The van der Waals surface area contributed by atoms with Crippen LogP contribution >= 0.6 is 12.4 Å². The van der Waals surface area contributed by atoms with E-state index in [1.54, 1.807) is 0 Å². The average Bonchev–Trinajstić information content (AvgIpc) is 2.58.